The summed E-state index contributed by atoms with van der Waals surface area (Å²) in [6, 6.07) is 8.25. The van der Waals surface area contributed by atoms with Gasteiger partial charge in [-0.05, 0) is 24.6 Å². The molecule has 1 aliphatic rings. The van der Waals surface area contributed by atoms with Crippen molar-refractivity contribution < 1.29 is 19.0 Å². The molecule has 0 saturated carbocycles. The van der Waals surface area contributed by atoms with Crippen LogP contribution in [0.15, 0.2) is 24.3 Å². The van der Waals surface area contributed by atoms with Gasteiger partial charge in [0, 0.05) is 25.9 Å². The van der Waals surface area contributed by atoms with Crippen LogP contribution >= 0.6 is 0 Å². The maximum Gasteiger partial charge on any atom is 0.302 e. The molecule has 1 aromatic carbocycles. The summed E-state index contributed by atoms with van der Waals surface area (Å²) in [6.07, 6.45) is 0.817. The Bertz CT molecular complexity index is 438. The molecule has 1 fully saturated rings. The fourth-order valence-corrected chi connectivity index (χ4v) is 2.09. The second-order valence-corrected chi connectivity index (χ2v) is 5.31. The summed E-state index contributed by atoms with van der Waals surface area (Å²) in [5, 5.41) is 3.36. The zero-order valence-electron chi connectivity index (χ0n) is 12.6. The molecule has 1 aromatic rings. The van der Waals surface area contributed by atoms with E-state index in [9.17, 15) is 4.79 Å². The van der Waals surface area contributed by atoms with Crippen molar-refractivity contribution >= 4 is 5.97 Å². The number of carbonyl (C=O) groups is 1. The Kier molecular flexibility index (Phi) is 6.02. The number of hydrogen-bond acceptors (Lipinski definition) is 5. The van der Waals surface area contributed by atoms with Crippen LogP contribution in [0.2, 0.25) is 0 Å². The van der Waals surface area contributed by atoms with E-state index in [-0.39, 0.29) is 12.1 Å². The number of benzene rings is 1. The smallest absolute Gasteiger partial charge is 0.302 e. The third kappa shape index (κ3) is 5.73. The van der Waals surface area contributed by atoms with Crippen molar-refractivity contribution in [2.45, 2.75) is 32.4 Å². The van der Waals surface area contributed by atoms with Gasteiger partial charge < -0.3 is 19.5 Å². The summed E-state index contributed by atoms with van der Waals surface area (Å²) < 4.78 is 16.3. The van der Waals surface area contributed by atoms with E-state index in [4.69, 9.17) is 14.2 Å². The van der Waals surface area contributed by atoms with Gasteiger partial charge >= 0.3 is 5.97 Å². The van der Waals surface area contributed by atoms with E-state index in [1.54, 1.807) is 0 Å². The molecule has 5 nitrogen and oxygen atoms in total. The minimum atomic E-state index is -0.245. The molecule has 0 amide bonds. The SMILES string of the molecule is CC(=O)OCCc1ccc(OCC2CNC(C)CO2)cc1. The highest BCUT2D eigenvalue weighted by Gasteiger charge is 2.18. The highest BCUT2D eigenvalue weighted by Crippen LogP contribution is 2.14. The average Bonchev–Trinajstić information content (AvgIpc) is 2.48. The van der Waals surface area contributed by atoms with E-state index in [0.717, 1.165) is 24.5 Å². The molecule has 0 bridgehead atoms. The van der Waals surface area contributed by atoms with Gasteiger partial charge in [-0.25, -0.2) is 0 Å². The number of rotatable bonds is 6. The molecule has 0 radical (unpaired) electrons. The molecule has 1 saturated heterocycles. The van der Waals surface area contributed by atoms with Crippen LogP contribution in [0.1, 0.15) is 19.4 Å². The first-order chi connectivity index (χ1) is 10.1. The summed E-state index contributed by atoms with van der Waals surface area (Å²) in [5.74, 6) is 0.582. The van der Waals surface area contributed by atoms with Crippen LogP contribution < -0.4 is 10.1 Å². The molecule has 2 rings (SSSR count). The Labute approximate surface area is 125 Å². The van der Waals surface area contributed by atoms with Gasteiger partial charge in [0.15, 0.2) is 0 Å². The standard InChI is InChI=1S/C16H23NO4/c1-12-10-20-16(9-17-12)11-21-15-5-3-14(4-6-15)7-8-19-13(2)18/h3-6,12,16-17H,7-11H2,1-2H3. The Morgan fingerprint density at radius 3 is 2.76 bits per heavy atom. The van der Waals surface area contributed by atoms with Crippen molar-refractivity contribution in [2.24, 2.45) is 0 Å². The molecule has 2 atom stereocenters. The van der Waals surface area contributed by atoms with Gasteiger partial charge in [0.25, 0.3) is 0 Å². The number of esters is 1. The molecule has 5 heteroatoms. The summed E-state index contributed by atoms with van der Waals surface area (Å²) in [4.78, 5) is 10.7. The second kappa shape index (κ2) is 8.00. The molecule has 2 unspecified atom stereocenters. The summed E-state index contributed by atoms with van der Waals surface area (Å²) in [6.45, 7) is 6.03. The third-order valence-electron chi connectivity index (χ3n) is 3.33. The normalized spacial score (nSPS) is 21.8. The summed E-state index contributed by atoms with van der Waals surface area (Å²) >= 11 is 0. The number of ether oxygens (including phenoxy) is 3. The lowest BCUT2D eigenvalue weighted by atomic mass is 10.1. The third-order valence-corrected chi connectivity index (χ3v) is 3.33. The Morgan fingerprint density at radius 1 is 1.38 bits per heavy atom. The van der Waals surface area contributed by atoms with Gasteiger partial charge in [0.1, 0.15) is 18.5 Å². The van der Waals surface area contributed by atoms with Gasteiger partial charge in [0.2, 0.25) is 0 Å². The first-order valence-electron chi connectivity index (χ1n) is 7.33. The Balaban J connectivity index is 1.70. The zero-order chi connectivity index (χ0) is 15.1. The maximum atomic E-state index is 10.7. The van der Waals surface area contributed by atoms with Crippen molar-refractivity contribution in [3.8, 4) is 5.75 Å². The predicted octanol–water partition coefficient (Wildman–Crippen LogP) is 1.55. The molecule has 1 heterocycles. The highest BCUT2D eigenvalue weighted by molar-refractivity contribution is 5.65. The first kappa shape index (κ1) is 15.8. The van der Waals surface area contributed by atoms with E-state index < -0.39 is 0 Å². The molecule has 1 N–H and O–H groups in total. The minimum absolute atomic E-state index is 0.102. The van der Waals surface area contributed by atoms with Crippen molar-refractivity contribution in [3.63, 3.8) is 0 Å². The summed E-state index contributed by atoms with van der Waals surface area (Å²) in [5.41, 5.74) is 1.12. The molecular weight excluding hydrogens is 270 g/mol. The lowest BCUT2D eigenvalue weighted by molar-refractivity contribution is -0.140. The van der Waals surface area contributed by atoms with Crippen LogP contribution in [0.25, 0.3) is 0 Å². The molecular formula is C16H23NO4. The second-order valence-electron chi connectivity index (χ2n) is 5.31. The Morgan fingerprint density at radius 2 is 2.14 bits per heavy atom. The van der Waals surface area contributed by atoms with E-state index in [1.807, 2.05) is 24.3 Å². The van der Waals surface area contributed by atoms with E-state index in [2.05, 4.69) is 12.2 Å². The zero-order valence-corrected chi connectivity index (χ0v) is 12.6. The molecule has 0 spiro atoms. The largest absolute Gasteiger partial charge is 0.491 e. The number of hydrogen-bond donors (Lipinski definition) is 1. The van der Waals surface area contributed by atoms with Gasteiger partial charge in [-0.2, -0.15) is 0 Å². The number of carbonyl (C=O) groups excluding carboxylic acids is 1. The van der Waals surface area contributed by atoms with Crippen molar-refractivity contribution in [1.82, 2.24) is 5.32 Å². The molecule has 21 heavy (non-hydrogen) atoms. The fourth-order valence-electron chi connectivity index (χ4n) is 2.09. The maximum absolute atomic E-state index is 10.7. The van der Waals surface area contributed by atoms with E-state index in [0.29, 0.717) is 25.7 Å². The van der Waals surface area contributed by atoms with Crippen molar-refractivity contribution in [2.75, 3.05) is 26.4 Å². The lowest BCUT2D eigenvalue weighted by Crippen LogP contribution is -2.46. The highest BCUT2D eigenvalue weighted by atomic mass is 16.5. The monoisotopic (exact) mass is 293 g/mol. The van der Waals surface area contributed by atoms with Crippen LogP contribution in [-0.4, -0.2) is 44.5 Å². The van der Waals surface area contributed by atoms with E-state index >= 15 is 0 Å². The average molecular weight is 293 g/mol. The molecule has 0 aromatic heterocycles. The van der Waals surface area contributed by atoms with Crippen LogP contribution in [0.3, 0.4) is 0 Å². The van der Waals surface area contributed by atoms with Crippen molar-refractivity contribution in [3.05, 3.63) is 29.8 Å². The van der Waals surface area contributed by atoms with Gasteiger partial charge in [-0.15, -0.1) is 0 Å². The molecule has 1 aliphatic heterocycles. The van der Waals surface area contributed by atoms with Gasteiger partial charge in [0.05, 0.1) is 13.2 Å². The number of nitrogens with one attached hydrogen (secondary N) is 1. The Hall–Kier alpha value is -1.59. The van der Waals surface area contributed by atoms with Gasteiger partial charge in [-0.1, -0.05) is 12.1 Å². The van der Waals surface area contributed by atoms with Crippen LogP contribution in [-0.2, 0) is 20.7 Å². The molecule has 0 aliphatic carbocycles. The molecule has 116 valence electrons. The lowest BCUT2D eigenvalue weighted by Gasteiger charge is -2.28. The van der Waals surface area contributed by atoms with Crippen LogP contribution in [0.5, 0.6) is 5.75 Å². The fraction of sp³-hybridized carbons (Fsp3) is 0.562. The van der Waals surface area contributed by atoms with Crippen molar-refractivity contribution in [1.29, 1.82) is 0 Å². The topological polar surface area (TPSA) is 56.8 Å². The van der Waals surface area contributed by atoms with Crippen LogP contribution in [0.4, 0.5) is 0 Å². The van der Waals surface area contributed by atoms with E-state index in [1.165, 1.54) is 6.92 Å². The minimum Gasteiger partial charge on any atom is -0.491 e. The summed E-state index contributed by atoms with van der Waals surface area (Å²) in [7, 11) is 0. The quantitative estimate of drug-likeness (QED) is 0.807. The van der Waals surface area contributed by atoms with Crippen LogP contribution in [0, 0.1) is 0 Å². The first-order valence-corrected chi connectivity index (χ1v) is 7.33. The number of morpholine rings is 1. The van der Waals surface area contributed by atoms with Gasteiger partial charge in [-0.3, -0.25) is 4.79 Å². The predicted molar refractivity (Wildman–Crippen MR) is 79.5 cm³/mol.